The van der Waals surface area contributed by atoms with Crippen LogP contribution in [-0.4, -0.2) is 42.2 Å². The summed E-state index contributed by atoms with van der Waals surface area (Å²) in [7, 11) is 0. The van der Waals surface area contributed by atoms with Crippen molar-refractivity contribution in [2.24, 2.45) is 0 Å². The molecule has 1 fully saturated rings. The van der Waals surface area contributed by atoms with Crippen LogP contribution in [0.1, 0.15) is 23.1 Å². The second-order valence-electron chi connectivity index (χ2n) is 5.68. The lowest BCUT2D eigenvalue weighted by Crippen LogP contribution is -2.44. The number of morpholine rings is 1. The topological polar surface area (TPSA) is 49.8 Å². The zero-order chi connectivity index (χ0) is 16.1. The second-order valence-corrected chi connectivity index (χ2v) is 5.68. The third-order valence-corrected chi connectivity index (χ3v) is 4.20. The van der Waals surface area contributed by atoms with Crippen LogP contribution in [0, 0.1) is 0 Å². The van der Waals surface area contributed by atoms with Gasteiger partial charge in [-0.1, -0.05) is 60.7 Å². The van der Waals surface area contributed by atoms with E-state index in [1.165, 1.54) is 0 Å². The van der Waals surface area contributed by atoms with Gasteiger partial charge in [-0.15, -0.1) is 0 Å². The van der Waals surface area contributed by atoms with Gasteiger partial charge in [0.1, 0.15) is 0 Å². The van der Waals surface area contributed by atoms with Gasteiger partial charge in [-0.25, -0.2) is 0 Å². The van der Waals surface area contributed by atoms with Crippen LogP contribution < -0.4 is 0 Å². The van der Waals surface area contributed by atoms with Crippen LogP contribution in [0.4, 0.5) is 0 Å². The first-order valence-corrected chi connectivity index (χ1v) is 7.92. The summed E-state index contributed by atoms with van der Waals surface area (Å²) < 4.78 is 5.32. The molecule has 120 valence electrons. The van der Waals surface area contributed by atoms with E-state index in [1.54, 1.807) is 4.90 Å². The molecule has 3 rings (SSSR count). The molecule has 0 bridgehead atoms. The van der Waals surface area contributed by atoms with Crippen molar-refractivity contribution in [3.63, 3.8) is 0 Å². The number of amides is 1. The van der Waals surface area contributed by atoms with Gasteiger partial charge in [-0.3, -0.25) is 4.79 Å². The van der Waals surface area contributed by atoms with E-state index in [9.17, 15) is 9.90 Å². The molecule has 1 saturated heterocycles. The molecule has 2 atom stereocenters. The maximum absolute atomic E-state index is 13.0. The molecular formula is C19H21NO3. The Balaban J connectivity index is 1.92. The molecule has 0 aliphatic carbocycles. The Morgan fingerprint density at radius 3 is 2.00 bits per heavy atom. The fourth-order valence-corrected chi connectivity index (χ4v) is 2.94. The lowest BCUT2D eigenvalue weighted by Gasteiger charge is -2.32. The Labute approximate surface area is 136 Å². The highest BCUT2D eigenvalue weighted by Gasteiger charge is 2.33. The van der Waals surface area contributed by atoms with Gasteiger partial charge in [0.15, 0.2) is 0 Å². The molecule has 1 aliphatic rings. The van der Waals surface area contributed by atoms with E-state index in [-0.39, 0.29) is 5.91 Å². The summed E-state index contributed by atoms with van der Waals surface area (Å²) in [5, 5.41) is 10.9. The minimum atomic E-state index is -0.867. The predicted octanol–water partition coefficient (Wildman–Crippen LogP) is 2.36. The molecule has 4 heteroatoms. The van der Waals surface area contributed by atoms with Crippen LogP contribution in [0.3, 0.4) is 0 Å². The lowest BCUT2D eigenvalue weighted by molar-refractivity contribution is -0.139. The Morgan fingerprint density at radius 2 is 1.43 bits per heavy atom. The van der Waals surface area contributed by atoms with Crippen LogP contribution in [0.25, 0.3) is 0 Å². The normalized spacial score (nSPS) is 17.5. The van der Waals surface area contributed by atoms with Gasteiger partial charge in [-0.05, 0) is 11.1 Å². The highest BCUT2D eigenvalue weighted by molar-refractivity contribution is 5.84. The number of hydrogen-bond donors (Lipinski definition) is 1. The van der Waals surface area contributed by atoms with E-state index < -0.39 is 12.0 Å². The molecule has 0 unspecified atom stereocenters. The van der Waals surface area contributed by atoms with Gasteiger partial charge in [-0.2, -0.15) is 0 Å². The van der Waals surface area contributed by atoms with Crippen molar-refractivity contribution in [2.75, 3.05) is 26.3 Å². The molecule has 0 saturated carbocycles. The minimum Gasteiger partial charge on any atom is -0.387 e. The summed E-state index contributed by atoms with van der Waals surface area (Å²) in [5.74, 6) is -0.646. The molecule has 2 aromatic carbocycles. The third-order valence-electron chi connectivity index (χ3n) is 4.20. The molecule has 1 amide bonds. The number of benzene rings is 2. The third kappa shape index (κ3) is 3.60. The highest BCUT2D eigenvalue weighted by atomic mass is 16.5. The van der Waals surface area contributed by atoms with E-state index >= 15 is 0 Å². The summed E-state index contributed by atoms with van der Waals surface area (Å²) in [4.78, 5) is 14.8. The van der Waals surface area contributed by atoms with Gasteiger partial charge in [0.2, 0.25) is 5.91 Å². The zero-order valence-corrected chi connectivity index (χ0v) is 13.0. The molecule has 4 nitrogen and oxygen atoms in total. The zero-order valence-electron chi connectivity index (χ0n) is 13.0. The first kappa shape index (κ1) is 15.7. The molecule has 2 aromatic rings. The Kier molecular flexibility index (Phi) is 5.05. The molecular weight excluding hydrogens is 290 g/mol. The average molecular weight is 311 g/mol. The Bertz CT molecular complexity index is 624. The molecule has 0 radical (unpaired) electrons. The summed E-state index contributed by atoms with van der Waals surface area (Å²) in [6.45, 7) is 2.25. The van der Waals surface area contributed by atoms with Crippen molar-refractivity contribution < 1.29 is 14.6 Å². The monoisotopic (exact) mass is 311 g/mol. The van der Waals surface area contributed by atoms with Crippen molar-refractivity contribution >= 4 is 5.91 Å². The maximum Gasteiger partial charge on any atom is 0.233 e. The number of hydrogen-bond acceptors (Lipinski definition) is 3. The maximum atomic E-state index is 13.0. The Hall–Kier alpha value is -2.17. The molecule has 1 N–H and O–H groups in total. The average Bonchev–Trinajstić information content (AvgIpc) is 2.64. The van der Waals surface area contributed by atoms with Crippen LogP contribution in [0.5, 0.6) is 0 Å². The number of aliphatic hydroxyl groups excluding tert-OH is 1. The van der Waals surface area contributed by atoms with E-state index in [0.29, 0.717) is 26.3 Å². The predicted molar refractivity (Wildman–Crippen MR) is 88.0 cm³/mol. The molecule has 0 spiro atoms. The highest BCUT2D eigenvalue weighted by Crippen LogP contribution is 2.32. The smallest absolute Gasteiger partial charge is 0.233 e. The molecule has 0 aromatic heterocycles. The number of rotatable bonds is 4. The molecule has 1 aliphatic heterocycles. The standard InChI is InChI=1S/C19H21NO3/c21-18(16-9-5-2-6-10-16)17(15-7-3-1-4-8-15)19(22)20-11-13-23-14-12-20/h1-10,17-18,21H,11-14H2/t17-,18+/m0/s1. The van der Waals surface area contributed by atoms with Gasteiger partial charge >= 0.3 is 0 Å². The van der Waals surface area contributed by atoms with Crippen LogP contribution >= 0.6 is 0 Å². The number of carbonyl (C=O) groups excluding carboxylic acids is 1. The first-order chi connectivity index (χ1) is 11.3. The number of ether oxygens (including phenoxy) is 1. The van der Waals surface area contributed by atoms with Gasteiger partial charge in [0.25, 0.3) is 0 Å². The summed E-state index contributed by atoms with van der Waals surface area (Å²) in [6, 6.07) is 18.9. The summed E-state index contributed by atoms with van der Waals surface area (Å²) in [6.07, 6.45) is -0.867. The van der Waals surface area contributed by atoms with Crippen LogP contribution in [-0.2, 0) is 9.53 Å². The van der Waals surface area contributed by atoms with Crippen molar-refractivity contribution in [2.45, 2.75) is 12.0 Å². The molecule has 23 heavy (non-hydrogen) atoms. The summed E-state index contributed by atoms with van der Waals surface area (Å²) >= 11 is 0. The fraction of sp³-hybridized carbons (Fsp3) is 0.316. The van der Waals surface area contributed by atoms with Crippen molar-refractivity contribution in [1.82, 2.24) is 4.90 Å². The minimum absolute atomic E-state index is 0.0455. The lowest BCUT2D eigenvalue weighted by atomic mass is 9.88. The van der Waals surface area contributed by atoms with Crippen molar-refractivity contribution in [3.05, 3.63) is 71.8 Å². The second kappa shape index (κ2) is 7.40. The van der Waals surface area contributed by atoms with Crippen molar-refractivity contribution in [3.8, 4) is 0 Å². The van der Waals surface area contributed by atoms with Crippen LogP contribution in [0.2, 0.25) is 0 Å². The van der Waals surface area contributed by atoms with E-state index in [1.807, 2.05) is 60.7 Å². The molecule has 1 heterocycles. The van der Waals surface area contributed by atoms with Crippen molar-refractivity contribution in [1.29, 1.82) is 0 Å². The first-order valence-electron chi connectivity index (χ1n) is 7.92. The fourth-order valence-electron chi connectivity index (χ4n) is 2.94. The quantitative estimate of drug-likeness (QED) is 0.943. The number of carbonyl (C=O) groups is 1. The van der Waals surface area contributed by atoms with Gasteiger partial charge in [0.05, 0.1) is 25.2 Å². The van der Waals surface area contributed by atoms with Crippen LogP contribution in [0.15, 0.2) is 60.7 Å². The van der Waals surface area contributed by atoms with E-state index in [4.69, 9.17) is 4.74 Å². The van der Waals surface area contributed by atoms with E-state index in [2.05, 4.69) is 0 Å². The number of nitrogens with zero attached hydrogens (tertiary/aromatic N) is 1. The number of aliphatic hydroxyl groups is 1. The van der Waals surface area contributed by atoms with Gasteiger partial charge in [0, 0.05) is 13.1 Å². The Morgan fingerprint density at radius 1 is 0.913 bits per heavy atom. The largest absolute Gasteiger partial charge is 0.387 e. The summed E-state index contributed by atoms with van der Waals surface area (Å²) in [5.41, 5.74) is 1.59. The SMILES string of the molecule is O=C([C@@H](c1ccccc1)[C@H](O)c1ccccc1)N1CCOCC1. The van der Waals surface area contributed by atoms with E-state index in [0.717, 1.165) is 11.1 Å². The van der Waals surface area contributed by atoms with Gasteiger partial charge < -0.3 is 14.7 Å².